The van der Waals surface area contributed by atoms with E-state index in [1.54, 1.807) is 0 Å². The van der Waals surface area contributed by atoms with Gasteiger partial charge in [0.15, 0.2) is 5.71 Å². The van der Waals surface area contributed by atoms with Gasteiger partial charge in [-0.25, -0.2) is 0 Å². The van der Waals surface area contributed by atoms with Crippen molar-refractivity contribution in [2.45, 2.75) is 38.5 Å². The minimum absolute atomic E-state index is 0.133. The molecule has 3 aliphatic heterocycles. The van der Waals surface area contributed by atoms with Gasteiger partial charge in [-0.15, -0.1) is 0 Å². The summed E-state index contributed by atoms with van der Waals surface area (Å²) in [7, 11) is -6.00. The highest BCUT2D eigenvalue weighted by atomic mass is 19.5. The fraction of sp³-hybridized carbons (Fsp3) is 0.195. The Morgan fingerprint density at radius 1 is 0.673 bits per heavy atom. The average molecular weight is 663 g/mol. The highest BCUT2D eigenvalue weighted by molar-refractivity contribution is 6.50. The molecule has 3 heterocycles. The smallest absolute Gasteiger partial charge is 0.418 e. The summed E-state index contributed by atoms with van der Waals surface area (Å²) in [5.41, 5.74) is 12.1. The van der Waals surface area contributed by atoms with Gasteiger partial charge in [-0.2, -0.15) is 4.58 Å². The van der Waals surface area contributed by atoms with Crippen LogP contribution in [0, 0.1) is 0 Å². The zero-order chi connectivity index (χ0) is 34.8. The number of fused-ring (bicyclic) bond motifs is 2. The van der Waals surface area contributed by atoms with Crippen LogP contribution in [0.3, 0.4) is 0 Å². The summed E-state index contributed by atoms with van der Waals surface area (Å²) >= 11 is 0. The van der Waals surface area contributed by atoms with Gasteiger partial charge >= 0.3 is 7.25 Å². The molecule has 0 aromatic heterocycles. The summed E-state index contributed by atoms with van der Waals surface area (Å²) < 4.78 is 47.5. The Morgan fingerprint density at radius 2 is 1.27 bits per heavy atom. The van der Waals surface area contributed by atoms with E-state index in [1.165, 1.54) is 56.4 Å². The SMILES string of the molecule is CC1(C)C(/C=C/C2=CC(=C/C=C3\N(c4ccccc4)c4ccccc4C3(C)C)COC2)=[N+](c2ccccc2)c2ccccc21.F[B-](F)(F)F. The van der Waals surface area contributed by atoms with Crippen molar-refractivity contribution in [1.29, 1.82) is 0 Å². The lowest BCUT2D eigenvalue weighted by Crippen LogP contribution is -2.27. The van der Waals surface area contributed by atoms with E-state index in [9.17, 15) is 17.3 Å². The van der Waals surface area contributed by atoms with Gasteiger partial charge < -0.3 is 26.9 Å². The Labute approximate surface area is 286 Å². The molecule has 250 valence electrons. The minimum Gasteiger partial charge on any atom is -0.418 e. The van der Waals surface area contributed by atoms with Crippen LogP contribution in [0.1, 0.15) is 38.8 Å². The first-order chi connectivity index (χ1) is 23.4. The molecule has 0 fully saturated rings. The van der Waals surface area contributed by atoms with Gasteiger partial charge in [0.05, 0.1) is 18.6 Å². The van der Waals surface area contributed by atoms with Crippen molar-refractivity contribution in [3.8, 4) is 0 Å². The number of anilines is 2. The van der Waals surface area contributed by atoms with Crippen LogP contribution in [0.5, 0.6) is 0 Å². The number of hydrogen-bond acceptors (Lipinski definition) is 2. The van der Waals surface area contributed by atoms with Crippen LogP contribution in [0.4, 0.5) is 40.0 Å². The molecule has 3 nitrogen and oxygen atoms in total. The normalized spacial score (nSPS) is 19.5. The van der Waals surface area contributed by atoms with E-state index in [0.29, 0.717) is 13.2 Å². The predicted octanol–water partition coefficient (Wildman–Crippen LogP) is 11.0. The molecule has 0 radical (unpaired) electrons. The number of rotatable bonds is 5. The van der Waals surface area contributed by atoms with E-state index in [0.717, 1.165) is 0 Å². The van der Waals surface area contributed by atoms with E-state index in [-0.39, 0.29) is 10.8 Å². The highest BCUT2D eigenvalue weighted by Gasteiger charge is 2.45. The van der Waals surface area contributed by atoms with Crippen molar-refractivity contribution in [2.75, 3.05) is 18.1 Å². The maximum atomic E-state index is 9.75. The first kappa shape index (κ1) is 33.9. The summed E-state index contributed by atoms with van der Waals surface area (Å²) in [6.07, 6.45) is 11.4. The zero-order valence-electron chi connectivity index (χ0n) is 28.1. The Hall–Kier alpha value is -4.95. The molecule has 49 heavy (non-hydrogen) atoms. The number of benzene rings is 4. The van der Waals surface area contributed by atoms with Crippen molar-refractivity contribution in [3.63, 3.8) is 0 Å². The Morgan fingerprint density at radius 3 is 1.96 bits per heavy atom. The summed E-state index contributed by atoms with van der Waals surface area (Å²) in [5.74, 6) is 0. The second-order valence-corrected chi connectivity index (χ2v) is 13.3. The van der Waals surface area contributed by atoms with Gasteiger partial charge in [0.25, 0.3) is 0 Å². The Bertz CT molecular complexity index is 1980. The number of halogens is 4. The van der Waals surface area contributed by atoms with E-state index < -0.39 is 7.25 Å². The molecular formula is C41H39BF4N2O. The van der Waals surface area contributed by atoms with Gasteiger partial charge in [-0.1, -0.05) is 105 Å². The van der Waals surface area contributed by atoms with Crippen LogP contribution in [0.2, 0.25) is 0 Å². The molecule has 0 amide bonds. The first-order valence-corrected chi connectivity index (χ1v) is 16.4. The van der Waals surface area contributed by atoms with E-state index in [1.807, 2.05) is 0 Å². The molecule has 0 spiro atoms. The third-order valence-electron chi connectivity index (χ3n) is 9.25. The highest BCUT2D eigenvalue weighted by Crippen LogP contribution is 2.51. The summed E-state index contributed by atoms with van der Waals surface area (Å²) in [6, 6.07) is 38.8. The van der Waals surface area contributed by atoms with Gasteiger partial charge in [0.1, 0.15) is 0 Å². The molecule has 0 bridgehead atoms. The van der Waals surface area contributed by atoms with Crippen LogP contribution < -0.4 is 9.48 Å². The maximum absolute atomic E-state index is 9.75. The second kappa shape index (κ2) is 13.5. The van der Waals surface area contributed by atoms with Crippen molar-refractivity contribution in [2.24, 2.45) is 0 Å². The molecule has 0 unspecified atom stereocenters. The fourth-order valence-corrected chi connectivity index (χ4v) is 6.94. The molecule has 0 atom stereocenters. The number of nitrogens with zero attached hydrogens (tertiary/aromatic N) is 2. The lowest BCUT2D eigenvalue weighted by Gasteiger charge is -2.27. The minimum atomic E-state index is -6.00. The Balaban J connectivity index is 0.000000778. The van der Waals surface area contributed by atoms with E-state index in [4.69, 9.17) is 4.74 Å². The van der Waals surface area contributed by atoms with Crippen LogP contribution >= 0.6 is 0 Å². The van der Waals surface area contributed by atoms with Crippen molar-refractivity contribution in [3.05, 3.63) is 168 Å². The average Bonchev–Trinajstić information content (AvgIpc) is 3.45. The summed E-state index contributed by atoms with van der Waals surface area (Å²) in [4.78, 5) is 2.40. The second-order valence-electron chi connectivity index (χ2n) is 13.3. The quantitative estimate of drug-likeness (QED) is 0.120. The van der Waals surface area contributed by atoms with Crippen LogP contribution in [0.15, 0.2) is 156 Å². The number of allylic oxidation sites excluding steroid dienone is 4. The number of hydrogen-bond donors (Lipinski definition) is 0. The molecule has 0 saturated carbocycles. The third-order valence-corrected chi connectivity index (χ3v) is 9.25. The lowest BCUT2D eigenvalue weighted by molar-refractivity contribution is 0.177. The molecule has 0 aliphatic carbocycles. The number of ether oxygens (including phenoxy) is 1. The zero-order valence-corrected chi connectivity index (χ0v) is 28.1. The van der Waals surface area contributed by atoms with Crippen molar-refractivity contribution in [1.82, 2.24) is 4.58 Å². The van der Waals surface area contributed by atoms with Gasteiger partial charge in [-0.3, -0.25) is 0 Å². The third kappa shape index (κ3) is 7.11. The van der Waals surface area contributed by atoms with Crippen LogP contribution in [0.25, 0.3) is 0 Å². The predicted molar refractivity (Wildman–Crippen MR) is 195 cm³/mol. The molecule has 0 N–H and O–H groups in total. The first-order valence-electron chi connectivity index (χ1n) is 16.4. The summed E-state index contributed by atoms with van der Waals surface area (Å²) in [6.45, 7) is 10.5. The monoisotopic (exact) mass is 662 g/mol. The van der Waals surface area contributed by atoms with Crippen LogP contribution in [-0.2, 0) is 15.6 Å². The molecular weight excluding hydrogens is 623 g/mol. The van der Waals surface area contributed by atoms with Gasteiger partial charge in [0, 0.05) is 52.3 Å². The topological polar surface area (TPSA) is 15.5 Å². The molecule has 8 heteroatoms. The molecule has 4 aromatic carbocycles. The number of para-hydroxylation sites is 4. The standard InChI is InChI=1S/C41H39N2O.BF4/c1-40(2)34-19-11-13-21-36(34)42(32-15-7-5-8-16-32)38(40)25-23-30-27-31(29-44-28-30)24-26-39-41(3,4)35-20-12-14-22-37(35)43(39)33-17-9-6-10-18-33;2-1(3,4)5/h5-27H,28-29H2,1-4H3;/q+1;-1. The van der Waals surface area contributed by atoms with Crippen molar-refractivity contribution < 1.29 is 22.0 Å². The lowest BCUT2D eigenvalue weighted by atomic mass is 9.81. The van der Waals surface area contributed by atoms with Gasteiger partial charge in [-0.05, 0) is 54.8 Å². The van der Waals surface area contributed by atoms with Crippen LogP contribution in [-0.4, -0.2) is 26.2 Å². The molecule has 0 saturated heterocycles. The fourth-order valence-electron chi connectivity index (χ4n) is 6.94. The maximum Gasteiger partial charge on any atom is 0.673 e. The molecule has 4 aromatic rings. The largest absolute Gasteiger partial charge is 0.673 e. The molecule has 7 rings (SSSR count). The van der Waals surface area contributed by atoms with E-state index >= 15 is 0 Å². The Kier molecular flexibility index (Phi) is 9.36. The summed E-state index contributed by atoms with van der Waals surface area (Å²) in [5, 5.41) is 0. The van der Waals surface area contributed by atoms with Gasteiger partial charge in [0.2, 0.25) is 11.4 Å². The molecule has 3 aliphatic rings. The van der Waals surface area contributed by atoms with Crippen molar-refractivity contribution >= 4 is 35.7 Å². The van der Waals surface area contributed by atoms with E-state index in [2.05, 4.69) is 177 Å².